The number of benzene rings is 1. The van der Waals surface area contributed by atoms with Crippen molar-refractivity contribution < 1.29 is 0 Å². The summed E-state index contributed by atoms with van der Waals surface area (Å²) < 4.78 is 2.66. The summed E-state index contributed by atoms with van der Waals surface area (Å²) in [4.78, 5) is 0. The molecular formula is C9H6Br2ClN3. The summed E-state index contributed by atoms with van der Waals surface area (Å²) in [6, 6.07) is 5.61. The molecule has 0 spiro atoms. The van der Waals surface area contributed by atoms with E-state index in [4.69, 9.17) is 11.6 Å². The summed E-state index contributed by atoms with van der Waals surface area (Å²) >= 11 is 12.7. The third kappa shape index (κ3) is 2.41. The molecule has 0 aliphatic rings. The third-order valence-electron chi connectivity index (χ3n) is 1.85. The van der Waals surface area contributed by atoms with Gasteiger partial charge in [-0.2, -0.15) is 0 Å². The van der Waals surface area contributed by atoms with Gasteiger partial charge in [-0.05, 0) is 18.2 Å². The topological polar surface area (TPSA) is 30.7 Å². The molecule has 1 heterocycles. The van der Waals surface area contributed by atoms with E-state index in [0.29, 0.717) is 10.4 Å². The van der Waals surface area contributed by atoms with Crippen molar-refractivity contribution in [3.63, 3.8) is 0 Å². The van der Waals surface area contributed by atoms with Gasteiger partial charge in [-0.15, -0.1) is 5.10 Å². The predicted molar refractivity (Wildman–Crippen MR) is 66.7 cm³/mol. The van der Waals surface area contributed by atoms with Crippen molar-refractivity contribution in [2.75, 3.05) is 0 Å². The molecule has 2 rings (SSSR count). The van der Waals surface area contributed by atoms with Gasteiger partial charge in [0.2, 0.25) is 0 Å². The second kappa shape index (κ2) is 4.63. The largest absolute Gasteiger partial charge is 0.217 e. The van der Waals surface area contributed by atoms with Crippen LogP contribution in [0.15, 0.2) is 28.9 Å². The number of alkyl halides is 1. The van der Waals surface area contributed by atoms with E-state index in [1.54, 1.807) is 10.9 Å². The van der Waals surface area contributed by atoms with Gasteiger partial charge in [0.05, 0.1) is 17.6 Å². The highest BCUT2D eigenvalue weighted by Gasteiger charge is 2.06. The van der Waals surface area contributed by atoms with Gasteiger partial charge in [-0.25, -0.2) is 4.68 Å². The van der Waals surface area contributed by atoms with Crippen molar-refractivity contribution in [2.45, 2.75) is 5.33 Å². The lowest BCUT2D eigenvalue weighted by molar-refractivity contribution is 0.783. The van der Waals surface area contributed by atoms with Gasteiger partial charge in [0.15, 0.2) is 0 Å². The summed E-state index contributed by atoms with van der Waals surface area (Å²) in [6.45, 7) is 0. The zero-order valence-electron chi connectivity index (χ0n) is 7.49. The van der Waals surface area contributed by atoms with Crippen LogP contribution in [0, 0.1) is 0 Å². The molecule has 0 atom stereocenters. The summed E-state index contributed by atoms with van der Waals surface area (Å²) in [6.07, 6.45) is 1.71. The lowest BCUT2D eigenvalue weighted by Crippen LogP contribution is -2.00. The van der Waals surface area contributed by atoms with Crippen LogP contribution in [-0.4, -0.2) is 15.0 Å². The third-order valence-corrected chi connectivity index (χ3v) is 3.10. The fourth-order valence-electron chi connectivity index (χ4n) is 1.23. The molecule has 0 aliphatic heterocycles. The van der Waals surface area contributed by atoms with E-state index in [0.717, 1.165) is 15.9 Å². The Morgan fingerprint density at radius 2 is 2.13 bits per heavy atom. The number of nitrogens with zero attached hydrogens (tertiary/aromatic N) is 3. The lowest BCUT2D eigenvalue weighted by atomic mass is 10.3. The minimum atomic E-state index is 0.662. The first-order valence-electron chi connectivity index (χ1n) is 4.12. The zero-order chi connectivity index (χ0) is 10.8. The standard InChI is InChI=1S/C9H6Br2ClN3/c10-4-9-5-13-14-15(9)8-2-6(11)1-7(12)3-8/h1-3,5H,4H2. The molecule has 0 bridgehead atoms. The van der Waals surface area contributed by atoms with Crippen LogP contribution >= 0.6 is 43.5 Å². The quantitative estimate of drug-likeness (QED) is 0.775. The van der Waals surface area contributed by atoms with Crippen molar-refractivity contribution in [1.82, 2.24) is 15.0 Å². The fraction of sp³-hybridized carbons (Fsp3) is 0.111. The molecule has 78 valence electrons. The summed E-state index contributed by atoms with van der Waals surface area (Å²) in [5, 5.41) is 9.21. The molecule has 0 saturated heterocycles. The van der Waals surface area contributed by atoms with Gasteiger partial charge >= 0.3 is 0 Å². The number of halogens is 3. The maximum Gasteiger partial charge on any atom is 0.0751 e. The van der Waals surface area contributed by atoms with Gasteiger partial charge in [-0.1, -0.05) is 48.7 Å². The molecule has 1 aromatic carbocycles. The first-order chi connectivity index (χ1) is 7.20. The minimum absolute atomic E-state index is 0.662. The van der Waals surface area contributed by atoms with Crippen LogP contribution in [0.4, 0.5) is 0 Å². The molecule has 15 heavy (non-hydrogen) atoms. The van der Waals surface area contributed by atoms with E-state index in [2.05, 4.69) is 42.2 Å². The zero-order valence-corrected chi connectivity index (χ0v) is 11.4. The molecule has 1 aromatic heterocycles. The van der Waals surface area contributed by atoms with Gasteiger partial charge in [0.25, 0.3) is 0 Å². The normalized spacial score (nSPS) is 10.6. The SMILES string of the molecule is Clc1cc(Br)cc(-n2nncc2CBr)c1. The Morgan fingerprint density at radius 1 is 1.33 bits per heavy atom. The lowest BCUT2D eigenvalue weighted by Gasteiger charge is -2.05. The second-order valence-corrected chi connectivity index (χ2v) is 4.81. The summed E-state index contributed by atoms with van der Waals surface area (Å²) in [5.74, 6) is 0. The molecule has 6 heteroatoms. The highest BCUT2D eigenvalue weighted by Crippen LogP contribution is 2.22. The average molecular weight is 351 g/mol. The number of rotatable bonds is 2. The smallest absolute Gasteiger partial charge is 0.0751 e. The Hall–Kier alpha value is -0.390. The average Bonchev–Trinajstić information content (AvgIpc) is 2.63. The first-order valence-corrected chi connectivity index (χ1v) is 6.42. The first kappa shape index (κ1) is 11.1. The molecule has 2 aromatic rings. The van der Waals surface area contributed by atoms with Crippen LogP contribution in [0.25, 0.3) is 5.69 Å². The molecule has 0 N–H and O–H groups in total. The second-order valence-electron chi connectivity index (χ2n) is 2.90. The predicted octanol–water partition coefficient (Wildman–Crippen LogP) is 3.58. The molecule has 3 nitrogen and oxygen atoms in total. The van der Waals surface area contributed by atoms with Crippen LogP contribution in [-0.2, 0) is 5.33 Å². The van der Waals surface area contributed by atoms with Crippen LogP contribution in [0.3, 0.4) is 0 Å². The Labute approximate surface area is 109 Å². The number of hydrogen-bond acceptors (Lipinski definition) is 2. The summed E-state index contributed by atoms with van der Waals surface area (Å²) in [5.41, 5.74) is 1.87. The Kier molecular flexibility index (Phi) is 3.43. The maximum atomic E-state index is 5.96. The Bertz CT molecular complexity index is 464. The Balaban J connectivity index is 2.53. The van der Waals surface area contributed by atoms with E-state index in [-0.39, 0.29) is 0 Å². The van der Waals surface area contributed by atoms with Crippen LogP contribution < -0.4 is 0 Å². The molecule has 0 saturated carbocycles. The number of aromatic nitrogens is 3. The molecular weight excluding hydrogens is 345 g/mol. The van der Waals surface area contributed by atoms with Gasteiger partial charge in [-0.3, -0.25) is 0 Å². The molecule has 0 fully saturated rings. The van der Waals surface area contributed by atoms with E-state index in [1.165, 1.54) is 0 Å². The van der Waals surface area contributed by atoms with Gasteiger partial charge < -0.3 is 0 Å². The van der Waals surface area contributed by atoms with E-state index in [9.17, 15) is 0 Å². The van der Waals surface area contributed by atoms with Gasteiger partial charge in [0.1, 0.15) is 0 Å². The van der Waals surface area contributed by atoms with Crippen molar-refractivity contribution in [1.29, 1.82) is 0 Å². The highest BCUT2D eigenvalue weighted by atomic mass is 79.9. The molecule has 0 unspecified atom stereocenters. The summed E-state index contributed by atoms with van der Waals surface area (Å²) in [7, 11) is 0. The monoisotopic (exact) mass is 349 g/mol. The van der Waals surface area contributed by atoms with Crippen molar-refractivity contribution in [3.05, 3.63) is 39.6 Å². The minimum Gasteiger partial charge on any atom is -0.217 e. The van der Waals surface area contributed by atoms with Crippen LogP contribution in [0.5, 0.6) is 0 Å². The Morgan fingerprint density at radius 3 is 2.80 bits per heavy atom. The van der Waals surface area contributed by atoms with E-state index in [1.807, 2.05) is 18.2 Å². The van der Waals surface area contributed by atoms with E-state index < -0.39 is 0 Å². The molecule has 0 amide bonds. The van der Waals surface area contributed by atoms with Crippen molar-refractivity contribution in [3.8, 4) is 5.69 Å². The fourth-order valence-corrected chi connectivity index (χ4v) is 2.45. The van der Waals surface area contributed by atoms with Crippen LogP contribution in [0.1, 0.15) is 5.69 Å². The molecule has 0 aliphatic carbocycles. The highest BCUT2D eigenvalue weighted by molar-refractivity contribution is 9.10. The van der Waals surface area contributed by atoms with Crippen molar-refractivity contribution >= 4 is 43.5 Å². The van der Waals surface area contributed by atoms with Gasteiger partial charge in [0, 0.05) is 14.8 Å². The number of hydrogen-bond donors (Lipinski definition) is 0. The molecule has 0 radical (unpaired) electrons. The van der Waals surface area contributed by atoms with Crippen molar-refractivity contribution in [2.24, 2.45) is 0 Å². The maximum absolute atomic E-state index is 5.96. The van der Waals surface area contributed by atoms with Crippen LogP contribution in [0.2, 0.25) is 5.02 Å². The van der Waals surface area contributed by atoms with E-state index >= 15 is 0 Å².